The van der Waals surface area contributed by atoms with E-state index in [-0.39, 0.29) is 24.5 Å². The van der Waals surface area contributed by atoms with E-state index in [1.165, 1.54) is 0 Å². The first-order valence-corrected chi connectivity index (χ1v) is 6.63. The van der Waals surface area contributed by atoms with E-state index in [9.17, 15) is 18.0 Å². The molecule has 5 heteroatoms. The number of piperidine rings is 1. The van der Waals surface area contributed by atoms with E-state index >= 15 is 0 Å². The number of ketones is 1. The number of hydrogen-bond donors (Lipinski definition) is 0. The molecule has 0 aromatic rings. The lowest BCUT2D eigenvalue weighted by atomic mass is 9.89. The number of rotatable bonds is 5. The number of carbonyl (C=O) groups excluding carboxylic acids is 1. The zero-order chi connectivity index (χ0) is 13.8. The Hall–Kier alpha value is -0.580. The molecule has 2 nitrogen and oxygen atoms in total. The van der Waals surface area contributed by atoms with Gasteiger partial charge >= 0.3 is 6.18 Å². The van der Waals surface area contributed by atoms with Gasteiger partial charge in [0.1, 0.15) is 5.78 Å². The van der Waals surface area contributed by atoms with Gasteiger partial charge < -0.3 is 4.90 Å². The Balaban J connectivity index is 2.24. The molecular weight excluding hydrogens is 243 g/mol. The lowest BCUT2D eigenvalue weighted by Gasteiger charge is -2.34. The number of halogens is 3. The molecule has 106 valence electrons. The average molecular weight is 265 g/mol. The van der Waals surface area contributed by atoms with Crippen LogP contribution >= 0.6 is 0 Å². The smallest absolute Gasteiger partial charge is 0.301 e. The minimum Gasteiger partial charge on any atom is -0.301 e. The third-order valence-electron chi connectivity index (χ3n) is 3.60. The molecule has 0 saturated carbocycles. The van der Waals surface area contributed by atoms with Crippen LogP contribution in [0.1, 0.15) is 46.0 Å². The van der Waals surface area contributed by atoms with Crippen molar-refractivity contribution in [2.75, 3.05) is 13.1 Å². The van der Waals surface area contributed by atoms with Crippen LogP contribution in [0.25, 0.3) is 0 Å². The highest BCUT2D eigenvalue weighted by Crippen LogP contribution is 2.25. The van der Waals surface area contributed by atoms with Crippen LogP contribution < -0.4 is 0 Å². The van der Waals surface area contributed by atoms with Gasteiger partial charge in [-0.15, -0.1) is 0 Å². The molecule has 1 fully saturated rings. The summed E-state index contributed by atoms with van der Waals surface area (Å²) in [6, 6.07) is 0.478. The average Bonchev–Trinajstić information content (AvgIpc) is 2.27. The van der Waals surface area contributed by atoms with Crippen molar-refractivity contribution in [3.8, 4) is 0 Å². The SMILES string of the molecule is CC(C)N1CCC(C(=O)CCCC(F)(F)F)CC1. The zero-order valence-electron chi connectivity index (χ0n) is 11.1. The molecule has 1 aliphatic rings. The normalized spacial score (nSPS) is 19.4. The summed E-state index contributed by atoms with van der Waals surface area (Å²) >= 11 is 0. The van der Waals surface area contributed by atoms with Crippen LogP contribution in [0.3, 0.4) is 0 Å². The molecule has 1 aliphatic heterocycles. The summed E-state index contributed by atoms with van der Waals surface area (Å²) in [5.74, 6) is -0.00381. The van der Waals surface area contributed by atoms with Gasteiger partial charge in [0.05, 0.1) is 0 Å². The first-order valence-electron chi connectivity index (χ1n) is 6.63. The lowest BCUT2D eigenvalue weighted by Crippen LogP contribution is -2.40. The third kappa shape index (κ3) is 5.38. The van der Waals surface area contributed by atoms with Crippen molar-refractivity contribution in [1.82, 2.24) is 4.90 Å². The number of nitrogens with zero attached hydrogens (tertiary/aromatic N) is 1. The van der Waals surface area contributed by atoms with Crippen molar-refractivity contribution >= 4 is 5.78 Å². The molecule has 0 aromatic heterocycles. The van der Waals surface area contributed by atoms with Crippen molar-refractivity contribution in [3.63, 3.8) is 0 Å². The summed E-state index contributed by atoms with van der Waals surface area (Å²) in [4.78, 5) is 14.1. The van der Waals surface area contributed by atoms with Crippen molar-refractivity contribution in [3.05, 3.63) is 0 Å². The summed E-state index contributed by atoms with van der Waals surface area (Å²) in [5, 5.41) is 0. The molecule has 0 amide bonds. The summed E-state index contributed by atoms with van der Waals surface area (Å²) in [6.07, 6.45) is -3.38. The van der Waals surface area contributed by atoms with Gasteiger partial charge in [-0.2, -0.15) is 13.2 Å². The number of alkyl halides is 3. The van der Waals surface area contributed by atoms with Crippen molar-refractivity contribution in [1.29, 1.82) is 0 Å². The van der Waals surface area contributed by atoms with Gasteiger partial charge in [-0.25, -0.2) is 0 Å². The van der Waals surface area contributed by atoms with Gasteiger partial charge in [-0.05, 0) is 46.2 Å². The van der Waals surface area contributed by atoms with Crippen molar-refractivity contribution in [2.24, 2.45) is 5.92 Å². The highest BCUT2D eigenvalue weighted by Gasteiger charge is 2.29. The first kappa shape index (κ1) is 15.5. The van der Waals surface area contributed by atoms with Gasteiger partial charge in [-0.1, -0.05) is 0 Å². The van der Waals surface area contributed by atoms with E-state index in [1.807, 2.05) is 0 Å². The van der Waals surface area contributed by atoms with Crippen LogP contribution in [0.2, 0.25) is 0 Å². The Bertz CT molecular complexity index is 268. The predicted octanol–water partition coefficient (Wildman–Crippen LogP) is 3.41. The Labute approximate surface area is 107 Å². The maximum atomic E-state index is 12.0. The molecule has 0 spiro atoms. The van der Waals surface area contributed by atoms with E-state index in [0.29, 0.717) is 6.04 Å². The molecule has 1 heterocycles. The Morgan fingerprint density at radius 1 is 1.28 bits per heavy atom. The van der Waals surface area contributed by atoms with Gasteiger partial charge in [0.2, 0.25) is 0 Å². The minimum atomic E-state index is -4.14. The molecule has 0 unspecified atom stereocenters. The lowest BCUT2D eigenvalue weighted by molar-refractivity contribution is -0.138. The van der Waals surface area contributed by atoms with Crippen LogP contribution in [0.15, 0.2) is 0 Å². The molecule has 0 N–H and O–H groups in total. The maximum Gasteiger partial charge on any atom is 0.389 e. The molecule has 0 aromatic carbocycles. The van der Waals surface area contributed by atoms with Gasteiger partial charge in [0.15, 0.2) is 0 Å². The topological polar surface area (TPSA) is 20.3 Å². The number of hydrogen-bond acceptors (Lipinski definition) is 2. The minimum absolute atomic E-state index is 0.0163. The largest absolute Gasteiger partial charge is 0.389 e. The molecule has 18 heavy (non-hydrogen) atoms. The number of Topliss-reactive ketones (excluding diaryl/α,β-unsaturated/α-hetero) is 1. The van der Waals surface area contributed by atoms with E-state index in [1.54, 1.807) is 0 Å². The van der Waals surface area contributed by atoms with Crippen LogP contribution in [0, 0.1) is 5.92 Å². The molecule has 0 aliphatic carbocycles. The maximum absolute atomic E-state index is 12.0. The second-order valence-corrected chi connectivity index (χ2v) is 5.34. The van der Waals surface area contributed by atoms with E-state index in [4.69, 9.17) is 0 Å². The zero-order valence-corrected chi connectivity index (χ0v) is 11.1. The van der Waals surface area contributed by atoms with Crippen molar-refractivity contribution < 1.29 is 18.0 Å². The fourth-order valence-electron chi connectivity index (χ4n) is 2.41. The fourth-order valence-corrected chi connectivity index (χ4v) is 2.41. The molecule has 1 saturated heterocycles. The summed E-state index contributed by atoms with van der Waals surface area (Å²) in [7, 11) is 0. The second-order valence-electron chi connectivity index (χ2n) is 5.34. The molecule has 1 rings (SSSR count). The van der Waals surface area contributed by atoms with Gasteiger partial charge in [0.25, 0.3) is 0 Å². The fraction of sp³-hybridized carbons (Fsp3) is 0.923. The summed E-state index contributed by atoms with van der Waals surface area (Å²) < 4.78 is 35.9. The molecule has 0 atom stereocenters. The number of likely N-dealkylation sites (tertiary alicyclic amines) is 1. The Kier molecular flexibility index (Phi) is 5.63. The molecular formula is C13H22F3NO. The summed E-state index contributed by atoms with van der Waals surface area (Å²) in [5.41, 5.74) is 0. The first-order chi connectivity index (χ1) is 8.29. The third-order valence-corrected chi connectivity index (χ3v) is 3.60. The molecule has 0 bridgehead atoms. The highest BCUT2D eigenvalue weighted by atomic mass is 19.4. The number of carbonyl (C=O) groups is 1. The van der Waals surface area contributed by atoms with Crippen LogP contribution in [-0.2, 0) is 4.79 Å². The second kappa shape index (κ2) is 6.55. The van der Waals surface area contributed by atoms with E-state index in [2.05, 4.69) is 18.7 Å². The Morgan fingerprint density at radius 2 is 1.83 bits per heavy atom. The summed E-state index contributed by atoms with van der Waals surface area (Å²) in [6.45, 7) is 6.00. The highest BCUT2D eigenvalue weighted by molar-refractivity contribution is 5.81. The van der Waals surface area contributed by atoms with Gasteiger partial charge in [-0.3, -0.25) is 4.79 Å². The van der Waals surface area contributed by atoms with Crippen molar-refractivity contribution in [2.45, 2.75) is 58.2 Å². The van der Waals surface area contributed by atoms with E-state index < -0.39 is 12.6 Å². The standard InChI is InChI=1S/C13H22F3NO/c1-10(2)17-8-5-11(6-9-17)12(18)4-3-7-13(14,15)16/h10-11H,3-9H2,1-2H3. The quantitative estimate of drug-likeness (QED) is 0.759. The molecule has 0 radical (unpaired) electrons. The monoisotopic (exact) mass is 265 g/mol. The van der Waals surface area contributed by atoms with Crippen LogP contribution in [0.5, 0.6) is 0 Å². The van der Waals surface area contributed by atoms with Crippen LogP contribution in [-0.4, -0.2) is 36.0 Å². The predicted molar refractivity (Wildman–Crippen MR) is 64.3 cm³/mol. The van der Waals surface area contributed by atoms with Gasteiger partial charge in [0, 0.05) is 24.8 Å². The Morgan fingerprint density at radius 3 is 2.28 bits per heavy atom. The van der Waals surface area contributed by atoms with Crippen LogP contribution in [0.4, 0.5) is 13.2 Å². The van der Waals surface area contributed by atoms with E-state index in [0.717, 1.165) is 25.9 Å².